The van der Waals surface area contributed by atoms with Crippen LogP contribution in [-0.4, -0.2) is 76.4 Å². The molecule has 1 amide bonds. The molecule has 1 saturated heterocycles. The van der Waals surface area contributed by atoms with E-state index in [0.29, 0.717) is 0 Å². The van der Waals surface area contributed by atoms with Gasteiger partial charge in [-0.1, -0.05) is 58.1 Å². The van der Waals surface area contributed by atoms with Crippen LogP contribution in [0.25, 0.3) is 0 Å². The molecule has 0 saturated carbocycles. The SMILES string of the molecule is CO[C@H]1/C=C/C[C@@]2(C)Oc3c(C)c(O)c4c(c3C2=O)C(=O)C=C(NC(=O)/C(C)=C\C=C\[C@H](C)C2OC(C)(C)O[C@@H]([C@@H](C)[C@H](O)[C@@H]1C)[C@@H]2C)C4=O. The van der Waals surface area contributed by atoms with Crippen LogP contribution in [0.15, 0.2) is 47.7 Å². The van der Waals surface area contributed by atoms with E-state index in [4.69, 9.17) is 18.9 Å². The van der Waals surface area contributed by atoms with Crippen molar-refractivity contribution in [2.45, 2.75) is 105 Å². The smallest absolute Gasteiger partial charge is 0.251 e. The monoisotopic (exact) mass is 691 g/mol. The summed E-state index contributed by atoms with van der Waals surface area (Å²) >= 11 is 0. The second kappa shape index (κ2) is 13.7. The van der Waals surface area contributed by atoms with E-state index in [1.54, 1.807) is 45.3 Å². The van der Waals surface area contributed by atoms with Crippen molar-refractivity contribution in [1.29, 1.82) is 0 Å². The summed E-state index contributed by atoms with van der Waals surface area (Å²) in [5.41, 5.74) is -2.08. The summed E-state index contributed by atoms with van der Waals surface area (Å²) in [4.78, 5) is 54.5. The van der Waals surface area contributed by atoms with Crippen LogP contribution in [0.2, 0.25) is 0 Å². The maximum absolute atomic E-state index is 14.0. The first-order chi connectivity index (χ1) is 23.3. The Balaban J connectivity index is 1.59. The number of Topliss-reactive ketones (excluding diaryl/α,β-unsaturated/α-hetero) is 2. The second-order valence-corrected chi connectivity index (χ2v) is 14.9. The van der Waals surface area contributed by atoms with Crippen LogP contribution in [0, 0.1) is 30.6 Å². The number of carbonyl (C=O) groups excluding carboxylic acids is 4. The fourth-order valence-corrected chi connectivity index (χ4v) is 7.62. The van der Waals surface area contributed by atoms with Gasteiger partial charge in [0.25, 0.3) is 5.91 Å². The second-order valence-electron chi connectivity index (χ2n) is 14.9. The van der Waals surface area contributed by atoms with Crippen molar-refractivity contribution in [3.63, 3.8) is 0 Å². The van der Waals surface area contributed by atoms with Gasteiger partial charge in [-0.25, -0.2) is 0 Å². The standard InChI is InChI=1S/C39H49NO10/c1-18-13-11-14-19(2)37(46)40-24-17-25(41)27-28(32(24)44)31(43)22(5)35-29(27)36(45)39(9,50-35)16-12-15-26(47-10)20(3)30(42)21(4)34-23(6)33(18)48-38(7,8)49-34/h11-15,17-18,20-21,23,26,30,33-34,42-43H,16H2,1-10H3,(H,40,46)/b13-11+,15-12+,19-14-/t18-,20+,21-,23+,26-,30+,33?,34-,39+/m0/s1. The predicted molar refractivity (Wildman–Crippen MR) is 185 cm³/mol. The molecule has 5 aliphatic rings. The first-order valence-electron chi connectivity index (χ1n) is 17.2. The minimum absolute atomic E-state index is 0.0298. The van der Waals surface area contributed by atoms with Crippen LogP contribution in [-0.2, 0) is 19.0 Å². The molecule has 1 fully saturated rings. The van der Waals surface area contributed by atoms with Gasteiger partial charge in [-0.05, 0) is 34.6 Å². The number of carbonyl (C=O) groups is 4. The number of amides is 1. The highest BCUT2D eigenvalue weighted by atomic mass is 16.7. The molecule has 0 radical (unpaired) electrons. The quantitative estimate of drug-likeness (QED) is 0.330. The summed E-state index contributed by atoms with van der Waals surface area (Å²) in [5.74, 6) is -4.97. The molecular formula is C39H49NO10. The van der Waals surface area contributed by atoms with Crippen LogP contribution in [0.3, 0.4) is 0 Å². The number of aromatic hydroxyl groups is 1. The maximum atomic E-state index is 14.0. The zero-order valence-electron chi connectivity index (χ0n) is 30.5. The van der Waals surface area contributed by atoms with Crippen LogP contribution in [0.5, 0.6) is 11.5 Å². The fourth-order valence-electron chi connectivity index (χ4n) is 7.62. The van der Waals surface area contributed by atoms with E-state index in [2.05, 4.69) is 5.32 Å². The van der Waals surface area contributed by atoms with Gasteiger partial charge in [0.15, 0.2) is 17.2 Å². The van der Waals surface area contributed by atoms with Crippen LogP contribution in [0.4, 0.5) is 0 Å². The summed E-state index contributed by atoms with van der Waals surface area (Å²) in [6.07, 6.45) is 7.80. The predicted octanol–water partition coefficient (Wildman–Crippen LogP) is 5.32. The average molecular weight is 692 g/mol. The third-order valence-electron chi connectivity index (χ3n) is 10.7. The number of fused-ring (bicyclic) bond motifs is 10. The number of hydrogen-bond acceptors (Lipinski definition) is 10. The molecule has 4 heterocycles. The van der Waals surface area contributed by atoms with Gasteiger partial charge in [0, 0.05) is 54.4 Å². The molecule has 1 aliphatic carbocycles. The third-order valence-corrected chi connectivity index (χ3v) is 10.7. The lowest BCUT2D eigenvalue weighted by atomic mass is 9.77. The lowest BCUT2D eigenvalue weighted by Gasteiger charge is -2.49. The number of benzene rings is 1. The number of allylic oxidation sites excluding steroid dienone is 4. The number of methoxy groups -OCH3 is 1. The van der Waals surface area contributed by atoms with E-state index in [1.807, 2.05) is 47.6 Å². The Bertz CT molecular complexity index is 1730. The minimum Gasteiger partial charge on any atom is -0.507 e. The van der Waals surface area contributed by atoms with Gasteiger partial charge in [-0.3, -0.25) is 19.2 Å². The Morgan fingerprint density at radius 1 is 0.900 bits per heavy atom. The maximum Gasteiger partial charge on any atom is 0.251 e. The average Bonchev–Trinajstić information content (AvgIpc) is 3.32. The largest absolute Gasteiger partial charge is 0.507 e. The Hall–Kier alpha value is -3.90. The first-order valence-corrected chi connectivity index (χ1v) is 17.2. The number of aliphatic hydroxyl groups excluding tert-OH is 1. The molecule has 7 bridgehead atoms. The zero-order chi connectivity index (χ0) is 37.0. The van der Waals surface area contributed by atoms with Crippen molar-refractivity contribution >= 4 is 23.3 Å². The van der Waals surface area contributed by atoms with Crippen LogP contribution >= 0.6 is 0 Å². The summed E-state index contributed by atoms with van der Waals surface area (Å²) in [5, 5.41) is 25.4. The molecule has 1 unspecified atom stereocenters. The van der Waals surface area contributed by atoms with Crippen molar-refractivity contribution in [1.82, 2.24) is 5.32 Å². The van der Waals surface area contributed by atoms with Crippen molar-refractivity contribution in [3.05, 3.63) is 70.0 Å². The topological polar surface area (TPSA) is 158 Å². The lowest BCUT2D eigenvalue weighted by molar-refractivity contribution is -0.336. The number of ether oxygens (including phenoxy) is 4. The molecule has 0 spiro atoms. The summed E-state index contributed by atoms with van der Waals surface area (Å²) < 4.78 is 24.8. The fraction of sp³-hybridized carbons (Fsp3) is 0.538. The van der Waals surface area contributed by atoms with Crippen LogP contribution in [0.1, 0.15) is 98.4 Å². The van der Waals surface area contributed by atoms with Gasteiger partial charge >= 0.3 is 0 Å². The van der Waals surface area contributed by atoms with E-state index in [9.17, 15) is 29.4 Å². The number of aliphatic hydroxyl groups is 1. The first kappa shape index (κ1) is 37.4. The Morgan fingerprint density at radius 3 is 2.22 bits per heavy atom. The number of phenolic OH excluding ortho intramolecular Hbond substituents is 1. The Kier molecular flexibility index (Phi) is 10.2. The van der Waals surface area contributed by atoms with Crippen LogP contribution < -0.4 is 10.1 Å². The van der Waals surface area contributed by atoms with Crippen molar-refractivity contribution < 1.29 is 48.3 Å². The molecule has 1 aromatic rings. The molecule has 4 aliphatic heterocycles. The van der Waals surface area contributed by atoms with Crippen molar-refractivity contribution in [2.75, 3.05) is 7.11 Å². The highest BCUT2D eigenvalue weighted by Gasteiger charge is 2.50. The van der Waals surface area contributed by atoms with Crippen molar-refractivity contribution in [2.24, 2.45) is 23.7 Å². The van der Waals surface area contributed by atoms with Gasteiger partial charge in [-0.2, -0.15) is 0 Å². The zero-order valence-corrected chi connectivity index (χ0v) is 30.5. The summed E-state index contributed by atoms with van der Waals surface area (Å²) in [6.45, 7) is 16.3. The summed E-state index contributed by atoms with van der Waals surface area (Å²) in [7, 11) is 1.55. The highest BCUT2D eigenvalue weighted by molar-refractivity contribution is 6.31. The third kappa shape index (κ3) is 6.52. The number of phenols is 1. The Labute approximate surface area is 293 Å². The molecule has 1 aromatic carbocycles. The van der Waals surface area contributed by atoms with Gasteiger partial charge in [0.1, 0.15) is 11.5 Å². The number of rotatable bonds is 1. The van der Waals surface area contributed by atoms with Gasteiger partial charge in [0.05, 0.1) is 46.8 Å². The molecule has 3 N–H and O–H groups in total. The highest BCUT2D eigenvalue weighted by Crippen LogP contribution is 2.48. The molecule has 6 rings (SSSR count). The number of nitrogens with one attached hydrogen (secondary N) is 1. The van der Waals surface area contributed by atoms with Gasteiger partial charge in [-0.15, -0.1) is 0 Å². The van der Waals surface area contributed by atoms with E-state index in [-0.39, 0.29) is 81.6 Å². The number of ketones is 3. The molecular weight excluding hydrogens is 642 g/mol. The normalized spacial score (nSPS) is 36.9. The molecule has 50 heavy (non-hydrogen) atoms. The molecule has 0 aromatic heterocycles. The van der Waals surface area contributed by atoms with E-state index >= 15 is 0 Å². The van der Waals surface area contributed by atoms with Gasteiger partial charge in [0.2, 0.25) is 11.6 Å². The summed E-state index contributed by atoms with van der Waals surface area (Å²) in [6, 6.07) is 0. The minimum atomic E-state index is -1.47. The molecule has 270 valence electrons. The van der Waals surface area contributed by atoms with E-state index in [1.165, 1.54) is 6.92 Å². The molecule has 11 heteroatoms. The van der Waals surface area contributed by atoms with E-state index < -0.39 is 52.6 Å². The van der Waals surface area contributed by atoms with Crippen molar-refractivity contribution in [3.8, 4) is 11.5 Å². The number of hydrogen-bond donors (Lipinski definition) is 3. The lowest BCUT2D eigenvalue weighted by Crippen LogP contribution is -2.56. The Morgan fingerprint density at radius 2 is 1.56 bits per heavy atom. The van der Waals surface area contributed by atoms with E-state index in [0.717, 1.165) is 6.08 Å². The van der Waals surface area contributed by atoms with Gasteiger partial charge < -0.3 is 34.5 Å². The molecule has 9 atom stereocenters. The molecule has 11 nitrogen and oxygen atoms in total.